The molecule has 4 rings (SSSR count). The maximum Gasteiger partial charge on any atom is 0.264 e. The second kappa shape index (κ2) is 13.2. The molecule has 212 valence electrons. The van der Waals surface area contributed by atoms with Gasteiger partial charge >= 0.3 is 0 Å². The molecular weight excluding hydrogens is 541 g/mol. The Hall–Kier alpha value is -4.50. The van der Waals surface area contributed by atoms with Crippen LogP contribution in [0.2, 0.25) is 0 Å². The second-order valence-electron chi connectivity index (χ2n) is 9.59. The van der Waals surface area contributed by atoms with Crippen molar-refractivity contribution in [3.05, 3.63) is 132 Å². The summed E-state index contributed by atoms with van der Waals surface area (Å²) in [5, 5.41) is 2.61. The van der Waals surface area contributed by atoms with Gasteiger partial charge in [0, 0.05) is 25.6 Å². The van der Waals surface area contributed by atoms with Crippen LogP contribution >= 0.6 is 0 Å². The van der Waals surface area contributed by atoms with Crippen LogP contribution in [0.1, 0.15) is 16.7 Å². The number of nitrogens with one attached hydrogen (secondary N) is 1. The van der Waals surface area contributed by atoms with E-state index in [-0.39, 0.29) is 29.1 Å². The number of nitrogens with zero attached hydrogens (tertiary/aromatic N) is 2. The van der Waals surface area contributed by atoms with E-state index in [1.54, 1.807) is 48.5 Å². The molecule has 0 saturated heterocycles. The van der Waals surface area contributed by atoms with Crippen molar-refractivity contribution < 1.29 is 22.4 Å². The molecule has 0 aliphatic rings. The number of hydrogen-bond acceptors (Lipinski definition) is 4. The van der Waals surface area contributed by atoms with Crippen LogP contribution in [0, 0.1) is 12.7 Å². The lowest BCUT2D eigenvalue weighted by molar-refractivity contribution is -0.139. The summed E-state index contributed by atoms with van der Waals surface area (Å²) < 4.78 is 43.6. The highest BCUT2D eigenvalue weighted by Crippen LogP contribution is 2.25. The summed E-state index contributed by atoms with van der Waals surface area (Å²) in [7, 11) is -2.71. The first-order valence-electron chi connectivity index (χ1n) is 13.1. The first-order chi connectivity index (χ1) is 19.7. The molecule has 41 heavy (non-hydrogen) atoms. The van der Waals surface area contributed by atoms with Crippen LogP contribution in [0.3, 0.4) is 0 Å². The van der Waals surface area contributed by atoms with E-state index in [0.29, 0.717) is 0 Å². The molecule has 0 aliphatic carbocycles. The van der Waals surface area contributed by atoms with Gasteiger partial charge in [-0.1, -0.05) is 84.4 Å². The fourth-order valence-electron chi connectivity index (χ4n) is 4.49. The van der Waals surface area contributed by atoms with Crippen LogP contribution in [-0.2, 0) is 32.6 Å². The minimum Gasteiger partial charge on any atom is -0.357 e. The molecule has 1 atom stereocenters. The largest absolute Gasteiger partial charge is 0.357 e. The van der Waals surface area contributed by atoms with E-state index in [2.05, 4.69) is 5.32 Å². The molecular formula is C32H32FN3O4S. The van der Waals surface area contributed by atoms with Gasteiger partial charge in [-0.2, -0.15) is 0 Å². The topological polar surface area (TPSA) is 86.8 Å². The number of amides is 2. The summed E-state index contributed by atoms with van der Waals surface area (Å²) in [6.07, 6.45) is 0.149. The molecule has 0 spiro atoms. The van der Waals surface area contributed by atoms with Crippen LogP contribution in [-0.4, -0.2) is 44.8 Å². The molecule has 0 bridgehead atoms. The third-order valence-corrected chi connectivity index (χ3v) is 8.54. The molecule has 9 heteroatoms. The van der Waals surface area contributed by atoms with Crippen molar-refractivity contribution in [3.8, 4) is 0 Å². The molecule has 0 aliphatic heterocycles. The van der Waals surface area contributed by atoms with Crippen molar-refractivity contribution in [1.82, 2.24) is 10.2 Å². The minimum atomic E-state index is -4.18. The average Bonchev–Trinajstić information content (AvgIpc) is 2.99. The zero-order chi connectivity index (χ0) is 29.4. The maximum atomic E-state index is 14.8. The number of likely N-dealkylation sites (N-methyl/N-ethyl adjacent to an activating group) is 1. The number of anilines is 1. The molecule has 0 unspecified atom stereocenters. The van der Waals surface area contributed by atoms with Gasteiger partial charge in [0.05, 0.1) is 10.6 Å². The number of carbonyl (C=O) groups excluding carboxylic acids is 2. The quantitative estimate of drug-likeness (QED) is 0.282. The molecule has 7 nitrogen and oxygen atoms in total. The number of carbonyl (C=O) groups is 2. The smallest absolute Gasteiger partial charge is 0.264 e. The first-order valence-corrected chi connectivity index (χ1v) is 14.6. The number of halogens is 1. The summed E-state index contributed by atoms with van der Waals surface area (Å²) in [6.45, 7) is 1.04. The number of aryl methyl sites for hydroxylation is 1. The standard InChI is InChI=1S/C32H32FN3O4S/c1-24-17-19-27(20-18-24)36(41(39,40)28-14-7-4-8-15-28)23-31(37)35(22-26-13-9-10-16-29(26)33)30(32(38)34-2)21-25-11-5-3-6-12-25/h3-20,30H,21-23H2,1-2H3,(H,34,38)/t30-/m1/s1. The lowest BCUT2D eigenvalue weighted by Gasteiger charge is -2.33. The lowest BCUT2D eigenvalue weighted by Crippen LogP contribution is -2.53. The van der Waals surface area contributed by atoms with Crippen molar-refractivity contribution in [2.75, 3.05) is 17.9 Å². The second-order valence-corrected chi connectivity index (χ2v) is 11.5. The number of sulfonamides is 1. The molecule has 0 fully saturated rings. The summed E-state index contributed by atoms with van der Waals surface area (Å²) >= 11 is 0. The molecule has 0 aromatic heterocycles. The molecule has 2 amide bonds. The Labute approximate surface area is 240 Å². The van der Waals surface area contributed by atoms with E-state index in [1.165, 1.54) is 42.3 Å². The van der Waals surface area contributed by atoms with Gasteiger partial charge in [0.25, 0.3) is 10.0 Å². The molecule has 4 aromatic rings. The van der Waals surface area contributed by atoms with E-state index < -0.39 is 40.2 Å². The normalized spacial score (nSPS) is 11.9. The Kier molecular flexibility index (Phi) is 9.52. The third kappa shape index (κ3) is 7.18. The van der Waals surface area contributed by atoms with Crippen LogP contribution in [0.5, 0.6) is 0 Å². The number of rotatable bonds is 11. The van der Waals surface area contributed by atoms with Crippen LogP contribution in [0.4, 0.5) is 10.1 Å². The average molecular weight is 574 g/mol. The molecule has 0 radical (unpaired) electrons. The molecule has 0 saturated carbocycles. The zero-order valence-corrected chi connectivity index (χ0v) is 23.7. The molecule has 4 aromatic carbocycles. The van der Waals surface area contributed by atoms with E-state index in [4.69, 9.17) is 0 Å². The highest BCUT2D eigenvalue weighted by Gasteiger charge is 2.34. The van der Waals surface area contributed by atoms with Crippen LogP contribution in [0.25, 0.3) is 0 Å². The van der Waals surface area contributed by atoms with Crippen molar-refractivity contribution in [2.24, 2.45) is 0 Å². The highest BCUT2D eigenvalue weighted by atomic mass is 32.2. The van der Waals surface area contributed by atoms with Crippen LogP contribution in [0.15, 0.2) is 114 Å². The summed E-state index contributed by atoms with van der Waals surface area (Å²) in [5.74, 6) is -1.64. The predicted molar refractivity (Wildman–Crippen MR) is 157 cm³/mol. The minimum absolute atomic E-state index is 0.0150. The third-order valence-electron chi connectivity index (χ3n) is 6.75. The van der Waals surface area contributed by atoms with Crippen LogP contribution < -0.4 is 9.62 Å². The van der Waals surface area contributed by atoms with E-state index in [9.17, 15) is 22.4 Å². The van der Waals surface area contributed by atoms with Gasteiger partial charge in [-0.15, -0.1) is 0 Å². The highest BCUT2D eigenvalue weighted by molar-refractivity contribution is 7.92. The van der Waals surface area contributed by atoms with Crippen molar-refractivity contribution in [1.29, 1.82) is 0 Å². The lowest BCUT2D eigenvalue weighted by atomic mass is 10.0. The first kappa shape index (κ1) is 29.5. The summed E-state index contributed by atoms with van der Waals surface area (Å²) in [4.78, 5) is 28.6. The van der Waals surface area contributed by atoms with Crippen molar-refractivity contribution in [2.45, 2.75) is 30.8 Å². The Bertz CT molecular complexity index is 1580. The van der Waals surface area contributed by atoms with Gasteiger partial charge in [-0.25, -0.2) is 12.8 Å². The molecule has 0 heterocycles. The summed E-state index contributed by atoms with van der Waals surface area (Å²) in [5.41, 5.74) is 2.20. The van der Waals surface area contributed by atoms with E-state index in [0.717, 1.165) is 15.4 Å². The van der Waals surface area contributed by atoms with Gasteiger partial charge in [0.1, 0.15) is 18.4 Å². The Morgan fingerprint density at radius 1 is 0.829 bits per heavy atom. The van der Waals surface area contributed by atoms with Gasteiger partial charge in [0.15, 0.2) is 0 Å². The molecule has 1 N–H and O–H groups in total. The maximum absolute atomic E-state index is 14.8. The van der Waals surface area contributed by atoms with Crippen molar-refractivity contribution in [3.63, 3.8) is 0 Å². The van der Waals surface area contributed by atoms with Gasteiger partial charge < -0.3 is 10.2 Å². The monoisotopic (exact) mass is 573 g/mol. The van der Waals surface area contributed by atoms with Crippen molar-refractivity contribution >= 4 is 27.5 Å². The number of hydrogen-bond donors (Lipinski definition) is 1. The van der Waals surface area contributed by atoms with E-state index >= 15 is 0 Å². The van der Waals surface area contributed by atoms with Gasteiger partial charge in [0.2, 0.25) is 11.8 Å². The zero-order valence-electron chi connectivity index (χ0n) is 22.9. The number of benzene rings is 4. The van der Waals surface area contributed by atoms with E-state index in [1.807, 2.05) is 37.3 Å². The summed E-state index contributed by atoms with van der Waals surface area (Å²) in [6, 6.07) is 28.7. The fourth-order valence-corrected chi connectivity index (χ4v) is 5.93. The Morgan fingerprint density at radius 2 is 1.41 bits per heavy atom. The van der Waals surface area contributed by atoms with Gasteiger partial charge in [-0.3, -0.25) is 13.9 Å². The SMILES string of the molecule is CNC(=O)[C@@H](Cc1ccccc1)N(Cc1ccccc1F)C(=O)CN(c1ccc(C)cc1)S(=O)(=O)c1ccccc1. The van der Waals surface area contributed by atoms with Gasteiger partial charge in [-0.05, 0) is 42.8 Å². The Balaban J connectivity index is 1.78. The fraction of sp³-hybridized carbons (Fsp3) is 0.188. The Morgan fingerprint density at radius 3 is 2.02 bits per heavy atom. The predicted octanol–water partition coefficient (Wildman–Crippen LogP) is 4.72.